The van der Waals surface area contributed by atoms with Gasteiger partial charge in [-0.1, -0.05) is 0 Å². The first-order chi connectivity index (χ1) is 18.8. The van der Waals surface area contributed by atoms with Crippen molar-refractivity contribution in [1.29, 1.82) is 0 Å². The topological polar surface area (TPSA) is 121 Å². The number of likely N-dealkylation sites (tertiary alicyclic amines) is 1. The molecular weight excluding hydrogens is 512 g/mol. The van der Waals surface area contributed by atoms with Crippen molar-refractivity contribution in [3.63, 3.8) is 0 Å². The summed E-state index contributed by atoms with van der Waals surface area (Å²) < 4.78 is 11.4. The van der Waals surface area contributed by atoms with Crippen LogP contribution >= 0.6 is 11.3 Å². The Bertz CT molecular complexity index is 1630. The van der Waals surface area contributed by atoms with Crippen molar-refractivity contribution < 1.29 is 14.3 Å². The van der Waals surface area contributed by atoms with Gasteiger partial charge in [0.15, 0.2) is 5.82 Å². The van der Waals surface area contributed by atoms with Gasteiger partial charge in [0.25, 0.3) is 5.91 Å². The van der Waals surface area contributed by atoms with Gasteiger partial charge >= 0.3 is 0 Å². The Hall–Kier alpha value is -3.37. The van der Waals surface area contributed by atoms with E-state index in [2.05, 4.69) is 20.6 Å². The molecule has 2 amide bonds. The van der Waals surface area contributed by atoms with Crippen molar-refractivity contribution >= 4 is 44.4 Å². The van der Waals surface area contributed by atoms with Crippen LogP contribution in [0.15, 0.2) is 23.6 Å². The van der Waals surface area contributed by atoms with Crippen molar-refractivity contribution in [2.24, 2.45) is 30.4 Å². The van der Waals surface area contributed by atoms with Gasteiger partial charge in [0, 0.05) is 44.2 Å². The Kier molecular flexibility index (Phi) is 5.75. The van der Waals surface area contributed by atoms with Gasteiger partial charge < -0.3 is 30.2 Å². The van der Waals surface area contributed by atoms with Crippen molar-refractivity contribution in [3.8, 4) is 17.3 Å². The number of primary amides is 1. The first-order valence-electron chi connectivity index (χ1n) is 13.8. The predicted octanol–water partition coefficient (Wildman–Crippen LogP) is 3.65. The standard InChI is InChI=1S/C29H34N6O3S/c1-33-27-19(9-18(10-22(27)38-2)29(37)35-13-16-5-7-20(35)25(16)31)32-28(33)21-11-23-26(34(21)12-15-3-4-15)17(14-39-23)6-8-24(30)36/h9-11,14-16,20,25H,3-8,12-13,31H2,1-2H3,(H2,30,36)/t16-,20-,25-/m1/s1. The summed E-state index contributed by atoms with van der Waals surface area (Å²) in [5, 5.41) is 2.15. The van der Waals surface area contributed by atoms with Gasteiger partial charge in [-0.2, -0.15) is 0 Å². The fourth-order valence-corrected chi connectivity index (χ4v) is 7.80. The third-order valence-corrected chi connectivity index (χ3v) is 9.98. The lowest BCUT2D eigenvalue weighted by atomic mass is 10.1. The van der Waals surface area contributed by atoms with Gasteiger partial charge in [-0.3, -0.25) is 9.59 Å². The molecule has 1 saturated heterocycles. The van der Waals surface area contributed by atoms with E-state index in [1.165, 1.54) is 23.1 Å². The van der Waals surface area contributed by atoms with Crippen molar-refractivity contribution in [2.75, 3.05) is 13.7 Å². The molecule has 9 nitrogen and oxygen atoms in total. The quantitative estimate of drug-likeness (QED) is 0.349. The maximum absolute atomic E-state index is 13.6. The van der Waals surface area contributed by atoms with E-state index in [-0.39, 0.29) is 23.9 Å². The minimum atomic E-state index is -0.286. The van der Waals surface area contributed by atoms with Crippen LogP contribution < -0.4 is 16.2 Å². The Morgan fingerprint density at radius 2 is 1.97 bits per heavy atom. The lowest BCUT2D eigenvalue weighted by molar-refractivity contribution is -0.117. The second-order valence-electron chi connectivity index (χ2n) is 11.5. The highest BCUT2D eigenvalue weighted by atomic mass is 32.1. The number of ether oxygens (including phenoxy) is 1. The molecule has 7 rings (SSSR count). The number of nitrogens with two attached hydrogens (primary N) is 2. The molecule has 1 aliphatic heterocycles. The number of carbonyl (C=O) groups excluding carboxylic acids is 2. The summed E-state index contributed by atoms with van der Waals surface area (Å²) in [4.78, 5) is 32.2. The molecule has 0 unspecified atom stereocenters. The maximum Gasteiger partial charge on any atom is 0.254 e. The number of thiophene rings is 1. The van der Waals surface area contributed by atoms with Crippen molar-refractivity contribution in [1.82, 2.24) is 19.0 Å². The first kappa shape index (κ1) is 24.7. The monoisotopic (exact) mass is 546 g/mol. The number of aromatic nitrogens is 3. The van der Waals surface area contributed by atoms with Crippen LogP contribution in [0.2, 0.25) is 0 Å². The number of rotatable bonds is 8. The highest BCUT2D eigenvalue weighted by molar-refractivity contribution is 7.17. The number of imidazole rings is 1. The van der Waals surface area contributed by atoms with Crippen LogP contribution in [-0.2, 0) is 24.8 Å². The number of fused-ring (bicyclic) bond motifs is 4. The number of nitrogens with zero attached hydrogens (tertiary/aromatic N) is 4. The van der Waals surface area contributed by atoms with Crippen LogP contribution in [-0.4, -0.2) is 56.6 Å². The van der Waals surface area contributed by atoms with Crippen LogP contribution in [0.25, 0.3) is 32.8 Å². The molecule has 4 aromatic rings. The lowest BCUT2D eigenvalue weighted by Crippen LogP contribution is -2.41. The highest BCUT2D eigenvalue weighted by Gasteiger charge is 2.47. The molecule has 0 spiro atoms. The summed E-state index contributed by atoms with van der Waals surface area (Å²) in [7, 11) is 3.64. The summed E-state index contributed by atoms with van der Waals surface area (Å²) in [5.41, 5.74) is 17.4. The van der Waals surface area contributed by atoms with Gasteiger partial charge in [0.2, 0.25) is 5.91 Å². The molecule has 4 N–H and O–H groups in total. The molecule has 39 heavy (non-hydrogen) atoms. The smallest absolute Gasteiger partial charge is 0.254 e. The summed E-state index contributed by atoms with van der Waals surface area (Å²) >= 11 is 1.69. The Labute approximate surface area is 230 Å². The van der Waals surface area contributed by atoms with E-state index < -0.39 is 0 Å². The van der Waals surface area contributed by atoms with Crippen LogP contribution in [0, 0.1) is 11.8 Å². The fraction of sp³-hybridized carbons (Fsp3) is 0.483. The van der Waals surface area contributed by atoms with Crippen LogP contribution in [0.3, 0.4) is 0 Å². The van der Waals surface area contributed by atoms with Gasteiger partial charge in [-0.15, -0.1) is 11.3 Å². The summed E-state index contributed by atoms with van der Waals surface area (Å²) in [6.07, 6.45) is 5.49. The van der Waals surface area contributed by atoms with E-state index in [9.17, 15) is 9.59 Å². The van der Waals surface area contributed by atoms with E-state index >= 15 is 0 Å². The van der Waals surface area contributed by atoms with E-state index in [0.717, 1.165) is 54.0 Å². The van der Waals surface area contributed by atoms with Gasteiger partial charge in [-0.25, -0.2) is 4.98 Å². The molecule has 2 bridgehead atoms. The normalized spacial score (nSPS) is 22.4. The zero-order valence-electron chi connectivity index (χ0n) is 22.4. The number of piperidine rings is 1. The molecule has 3 aromatic heterocycles. The third-order valence-electron chi connectivity index (χ3n) is 9.02. The van der Waals surface area contributed by atoms with Crippen molar-refractivity contribution in [3.05, 3.63) is 34.7 Å². The number of aryl methyl sites for hydroxylation is 2. The van der Waals surface area contributed by atoms with Gasteiger partial charge in [-0.05, 0) is 73.1 Å². The second kappa shape index (κ2) is 9.09. The predicted molar refractivity (Wildman–Crippen MR) is 152 cm³/mol. The number of hydrogen-bond acceptors (Lipinski definition) is 6. The average molecular weight is 547 g/mol. The van der Waals surface area contributed by atoms with Crippen molar-refractivity contribution in [2.45, 2.75) is 57.2 Å². The largest absolute Gasteiger partial charge is 0.494 e. The average Bonchev–Trinajstić information content (AvgIpc) is 3.17. The van der Waals surface area contributed by atoms with Crippen LogP contribution in [0.5, 0.6) is 5.75 Å². The van der Waals surface area contributed by atoms with E-state index in [0.29, 0.717) is 36.0 Å². The molecule has 2 saturated carbocycles. The zero-order chi connectivity index (χ0) is 27.0. The molecular formula is C29H34N6O3S. The summed E-state index contributed by atoms with van der Waals surface area (Å²) in [6.45, 7) is 1.64. The Morgan fingerprint density at radius 3 is 2.64 bits per heavy atom. The minimum Gasteiger partial charge on any atom is -0.494 e. The maximum atomic E-state index is 13.6. The molecule has 4 heterocycles. The molecule has 3 atom stereocenters. The molecule has 0 radical (unpaired) electrons. The molecule has 1 aromatic carbocycles. The molecule has 3 fully saturated rings. The van der Waals surface area contributed by atoms with E-state index in [4.69, 9.17) is 21.2 Å². The fourth-order valence-electron chi connectivity index (χ4n) is 6.77. The Morgan fingerprint density at radius 1 is 1.15 bits per heavy atom. The molecule has 10 heteroatoms. The molecule has 204 valence electrons. The number of carbonyl (C=O) groups is 2. The minimum absolute atomic E-state index is 0.00164. The lowest BCUT2D eigenvalue weighted by Gasteiger charge is -2.27. The highest BCUT2D eigenvalue weighted by Crippen LogP contribution is 2.41. The summed E-state index contributed by atoms with van der Waals surface area (Å²) in [5.74, 6) is 2.23. The second-order valence-corrected chi connectivity index (χ2v) is 12.4. The SMILES string of the molecule is COc1cc(C(=O)N2C[C@H]3CC[C@@H]2[C@@H]3N)cc2nc(-c3cc4scc(CCC(N)=O)c4n3CC3CC3)n(C)c12. The van der Waals surface area contributed by atoms with Gasteiger partial charge in [0.05, 0.1) is 28.5 Å². The number of benzene rings is 1. The molecule has 3 aliphatic rings. The van der Waals surface area contributed by atoms with E-state index in [1.54, 1.807) is 18.4 Å². The first-order valence-corrected chi connectivity index (χ1v) is 14.7. The summed E-state index contributed by atoms with van der Waals surface area (Å²) in [6, 6.07) is 6.14. The number of hydrogen-bond donors (Lipinski definition) is 2. The zero-order valence-corrected chi connectivity index (χ0v) is 23.2. The third kappa shape index (κ3) is 3.95. The van der Waals surface area contributed by atoms with Crippen LogP contribution in [0.4, 0.5) is 0 Å². The van der Waals surface area contributed by atoms with Crippen LogP contribution in [0.1, 0.15) is 48.0 Å². The van der Waals surface area contributed by atoms with E-state index in [1.807, 2.05) is 24.1 Å². The number of amides is 2. The number of methoxy groups -OCH3 is 1. The Balaban J connectivity index is 1.32. The molecule has 2 aliphatic carbocycles. The van der Waals surface area contributed by atoms with Gasteiger partial charge in [0.1, 0.15) is 11.3 Å².